The number of benzene rings is 2. The molecule has 0 unspecified atom stereocenters. The maximum atomic E-state index is 13.0. The number of nitrogens with zero attached hydrogens (tertiary/aromatic N) is 2. The summed E-state index contributed by atoms with van der Waals surface area (Å²) in [6, 6.07) is 16.1. The third-order valence-electron chi connectivity index (χ3n) is 7.35. The Hall–Kier alpha value is -4.23. The number of H-pyrrole nitrogens is 1. The van der Waals surface area contributed by atoms with Gasteiger partial charge in [0.1, 0.15) is 0 Å². The summed E-state index contributed by atoms with van der Waals surface area (Å²) < 4.78 is 0. The second-order valence-corrected chi connectivity index (χ2v) is 9.60. The third kappa shape index (κ3) is 4.73. The van der Waals surface area contributed by atoms with Crippen LogP contribution in [0.2, 0.25) is 0 Å². The van der Waals surface area contributed by atoms with Gasteiger partial charge in [-0.25, -0.2) is 0 Å². The monoisotopic (exact) mass is 507 g/mol. The molecule has 0 saturated heterocycles. The number of pyridine rings is 1. The first kappa shape index (κ1) is 25.4. The number of fused-ring (bicyclic) bond motifs is 2. The molecular formula is C31H33N5O2. The van der Waals surface area contributed by atoms with E-state index in [4.69, 9.17) is 0 Å². The Balaban J connectivity index is 1.42. The zero-order valence-electron chi connectivity index (χ0n) is 22.3. The summed E-state index contributed by atoms with van der Waals surface area (Å²) in [6.07, 6.45) is 3.65. The molecule has 2 amide bonds. The molecular weight excluding hydrogens is 474 g/mol. The largest absolute Gasteiger partial charge is 0.358 e. The Kier molecular flexibility index (Phi) is 7.11. The molecule has 4 aromatic rings. The van der Waals surface area contributed by atoms with Crippen LogP contribution in [0.4, 0.5) is 5.69 Å². The minimum atomic E-state index is -0.167. The van der Waals surface area contributed by atoms with Crippen molar-refractivity contribution in [3.8, 4) is 11.3 Å². The predicted molar refractivity (Wildman–Crippen MR) is 154 cm³/mol. The number of nitrogens with one attached hydrogen (secondary N) is 3. The molecule has 2 aromatic heterocycles. The lowest BCUT2D eigenvalue weighted by Crippen LogP contribution is -2.35. The highest BCUT2D eigenvalue weighted by molar-refractivity contribution is 6.35. The van der Waals surface area contributed by atoms with Gasteiger partial charge in [-0.05, 0) is 56.1 Å². The fourth-order valence-corrected chi connectivity index (χ4v) is 5.19. The Morgan fingerprint density at radius 2 is 1.87 bits per heavy atom. The van der Waals surface area contributed by atoms with Crippen LogP contribution >= 0.6 is 0 Å². The van der Waals surface area contributed by atoms with Crippen LogP contribution in [0.5, 0.6) is 0 Å². The molecule has 0 radical (unpaired) electrons. The van der Waals surface area contributed by atoms with Crippen molar-refractivity contribution in [1.82, 2.24) is 20.2 Å². The first-order valence-electron chi connectivity index (χ1n) is 13.1. The molecule has 1 aliphatic heterocycles. The van der Waals surface area contributed by atoms with Gasteiger partial charge in [0.15, 0.2) is 0 Å². The van der Waals surface area contributed by atoms with Crippen LogP contribution in [0, 0.1) is 13.8 Å². The van der Waals surface area contributed by atoms with Gasteiger partial charge in [-0.3, -0.25) is 14.6 Å². The van der Waals surface area contributed by atoms with Crippen molar-refractivity contribution in [3.63, 3.8) is 0 Å². The number of aromatic nitrogens is 2. The molecule has 3 N–H and O–H groups in total. The van der Waals surface area contributed by atoms with E-state index in [2.05, 4.69) is 51.5 Å². The summed E-state index contributed by atoms with van der Waals surface area (Å²) in [5.41, 5.74) is 6.97. The molecule has 194 valence electrons. The normalized spacial score (nSPS) is 13.8. The van der Waals surface area contributed by atoms with Crippen LogP contribution in [0.15, 0.2) is 54.7 Å². The molecule has 38 heavy (non-hydrogen) atoms. The number of likely N-dealkylation sites (N-methyl/N-ethyl adjacent to an activating group) is 1. The van der Waals surface area contributed by atoms with Crippen LogP contribution in [-0.2, 0) is 4.79 Å². The van der Waals surface area contributed by atoms with Gasteiger partial charge in [0.05, 0.1) is 16.8 Å². The lowest BCUT2D eigenvalue weighted by atomic mass is 9.99. The lowest BCUT2D eigenvalue weighted by molar-refractivity contribution is -0.110. The highest BCUT2D eigenvalue weighted by Crippen LogP contribution is 2.37. The second-order valence-electron chi connectivity index (χ2n) is 9.60. The third-order valence-corrected chi connectivity index (χ3v) is 7.35. The van der Waals surface area contributed by atoms with Gasteiger partial charge in [0.25, 0.3) is 11.8 Å². The Morgan fingerprint density at radius 3 is 2.66 bits per heavy atom. The van der Waals surface area contributed by atoms with Gasteiger partial charge in [-0.2, -0.15) is 0 Å². The number of aryl methyl sites for hydroxylation is 1. The number of aromatic amines is 1. The molecule has 2 aromatic carbocycles. The maximum Gasteiger partial charge on any atom is 0.256 e. The molecule has 1 aliphatic rings. The SMILES string of the molecule is CCN(CC)CCNC(=O)c1c(C)[nH]c(/C=C2\C(=O)Nc3cc(-c4nccc5ccccc45)ccc32)c1C. The molecule has 0 spiro atoms. The number of rotatable bonds is 8. The van der Waals surface area contributed by atoms with Gasteiger partial charge in [0.2, 0.25) is 0 Å². The second kappa shape index (κ2) is 10.6. The number of carbonyl (C=O) groups excluding carboxylic acids is 2. The summed E-state index contributed by atoms with van der Waals surface area (Å²) >= 11 is 0. The highest BCUT2D eigenvalue weighted by Gasteiger charge is 2.26. The van der Waals surface area contributed by atoms with Crippen LogP contribution in [-0.4, -0.2) is 52.9 Å². The average molecular weight is 508 g/mol. The standard InChI is InChI=1S/C31H33N5O2/c1-5-36(6-2)16-15-33-31(38)28-19(3)26(34-20(28)4)18-25-24-12-11-22(17-27(24)35-30(25)37)29-23-10-8-7-9-21(23)13-14-32-29/h7-14,17-18,34H,5-6,15-16H2,1-4H3,(H,33,38)(H,35,37)/b25-18-. The van der Waals surface area contributed by atoms with E-state index >= 15 is 0 Å². The van der Waals surface area contributed by atoms with Gasteiger partial charge in [0, 0.05) is 52.9 Å². The van der Waals surface area contributed by atoms with Gasteiger partial charge in [-0.1, -0.05) is 50.2 Å². The van der Waals surface area contributed by atoms with Crippen LogP contribution in [0.3, 0.4) is 0 Å². The number of hydrogen-bond donors (Lipinski definition) is 3. The molecule has 7 heteroatoms. The van der Waals surface area contributed by atoms with E-state index in [0.29, 0.717) is 17.7 Å². The zero-order chi connectivity index (χ0) is 26.8. The Bertz CT molecular complexity index is 1560. The number of carbonyl (C=O) groups is 2. The van der Waals surface area contributed by atoms with Crippen LogP contribution in [0.1, 0.15) is 46.7 Å². The van der Waals surface area contributed by atoms with E-state index in [1.807, 2.05) is 62.5 Å². The Labute approximate surface area is 223 Å². The lowest BCUT2D eigenvalue weighted by Gasteiger charge is -2.18. The highest BCUT2D eigenvalue weighted by atomic mass is 16.2. The fraction of sp³-hybridized carbons (Fsp3) is 0.258. The number of hydrogen-bond acceptors (Lipinski definition) is 4. The molecule has 0 bridgehead atoms. The minimum Gasteiger partial charge on any atom is -0.358 e. The fourth-order valence-electron chi connectivity index (χ4n) is 5.19. The summed E-state index contributed by atoms with van der Waals surface area (Å²) in [4.78, 5) is 36.2. The first-order valence-corrected chi connectivity index (χ1v) is 13.1. The molecule has 0 fully saturated rings. The van der Waals surface area contributed by atoms with Gasteiger partial charge >= 0.3 is 0 Å². The van der Waals surface area contributed by atoms with Crippen molar-refractivity contribution in [3.05, 3.63) is 82.8 Å². The number of anilines is 1. The quantitative estimate of drug-likeness (QED) is 0.278. The molecule has 0 aliphatic carbocycles. The molecule has 3 heterocycles. The summed E-state index contributed by atoms with van der Waals surface area (Å²) in [7, 11) is 0. The summed E-state index contributed by atoms with van der Waals surface area (Å²) in [5, 5.41) is 8.23. The van der Waals surface area contributed by atoms with Crippen molar-refractivity contribution in [2.45, 2.75) is 27.7 Å². The molecule has 5 rings (SSSR count). The molecule has 7 nitrogen and oxygen atoms in total. The van der Waals surface area contributed by atoms with E-state index in [1.165, 1.54) is 0 Å². The van der Waals surface area contributed by atoms with Crippen molar-refractivity contribution >= 4 is 39.9 Å². The van der Waals surface area contributed by atoms with E-state index in [1.54, 1.807) is 0 Å². The van der Waals surface area contributed by atoms with Crippen molar-refractivity contribution in [2.75, 3.05) is 31.5 Å². The average Bonchev–Trinajstić information content (AvgIpc) is 3.39. The summed E-state index contributed by atoms with van der Waals surface area (Å²) in [5.74, 6) is -0.267. The van der Waals surface area contributed by atoms with E-state index < -0.39 is 0 Å². The first-order chi connectivity index (χ1) is 18.4. The smallest absolute Gasteiger partial charge is 0.256 e. The van der Waals surface area contributed by atoms with E-state index in [-0.39, 0.29) is 11.8 Å². The van der Waals surface area contributed by atoms with Crippen molar-refractivity contribution in [1.29, 1.82) is 0 Å². The van der Waals surface area contributed by atoms with Crippen molar-refractivity contribution in [2.24, 2.45) is 0 Å². The van der Waals surface area contributed by atoms with Crippen molar-refractivity contribution < 1.29 is 9.59 Å². The van der Waals surface area contributed by atoms with Gasteiger partial charge < -0.3 is 20.5 Å². The van der Waals surface area contributed by atoms with Gasteiger partial charge in [-0.15, -0.1) is 0 Å². The number of amides is 2. The molecule has 0 atom stereocenters. The maximum absolute atomic E-state index is 13.0. The van der Waals surface area contributed by atoms with Crippen LogP contribution < -0.4 is 10.6 Å². The predicted octanol–water partition coefficient (Wildman–Crippen LogP) is 5.41. The van der Waals surface area contributed by atoms with Crippen LogP contribution in [0.25, 0.3) is 33.7 Å². The minimum absolute atomic E-state index is 0.100. The topological polar surface area (TPSA) is 90.1 Å². The summed E-state index contributed by atoms with van der Waals surface area (Å²) in [6.45, 7) is 11.3. The van der Waals surface area contributed by atoms with E-state index in [0.717, 1.165) is 69.9 Å². The zero-order valence-corrected chi connectivity index (χ0v) is 22.3. The Morgan fingerprint density at radius 1 is 1.08 bits per heavy atom. The van der Waals surface area contributed by atoms with E-state index in [9.17, 15) is 9.59 Å². The molecule has 0 saturated carbocycles.